The second-order valence-electron chi connectivity index (χ2n) is 6.32. The van der Waals surface area contributed by atoms with Crippen molar-refractivity contribution in [3.05, 3.63) is 60.9 Å². The van der Waals surface area contributed by atoms with Crippen LogP contribution in [0.25, 0.3) is 5.69 Å². The summed E-state index contributed by atoms with van der Waals surface area (Å²) in [6.07, 6.45) is 9.31. The van der Waals surface area contributed by atoms with E-state index in [9.17, 15) is 0 Å². The highest BCUT2D eigenvalue weighted by Crippen LogP contribution is 2.16. The molecule has 0 aliphatic heterocycles. The van der Waals surface area contributed by atoms with Gasteiger partial charge in [0.25, 0.3) is 0 Å². The molecule has 0 saturated heterocycles. The lowest BCUT2D eigenvalue weighted by molar-refractivity contribution is 0.593. The van der Waals surface area contributed by atoms with Crippen molar-refractivity contribution in [3.63, 3.8) is 0 Å². The predicted molar refractivity (Wildman–Crippen MR) is 121 cm³/mol. The van der Waals surface area contributed by atoms with Crippen LogP contribution >= 0.6 is 24.0 Å². The Morgan fingerprint density at radius 1 is 1.18 bits per heavy atom. The van der Waals surface area contributed by atoms with Crippen LogP contribution in [0.1, 0.15) is 31.4 Å². The van der Waals surface area contributed by atoms with Gasteiger partial charge in [-0.25, -0.2) is 4.68 Å². The molecule has 2 N–H and O–H groups in total. The topological polar surface area (TPSA) is 85.0 Å². The lowest BCUT2D eigenvalue weighted by Crippen LogP contribution is -2.39. The molecule has 3 aromatic rings. The van der Waals surface area contributed by atoms with Gasteiger partial charge >= 0.3 is 0 Å². The largest absolute Gasteiger partial charge is 0.356 e. The summed E-state index contributed by atoms with van der Waals surface area (Å²) in [5, 5.41) is 18.7. The van der Waals surface area contributed by atoms with Gasteiger partial charge in [0.05, 0.1) is 11.7 Å². The molecule has 9 heteroatoms. The molecule has 0 saturated carbocycles. The quantitative estimate of drug-likeness (QED) is 0.218. The first-order chi connectivity index (χ1) is 13.3. The van der Waals surface area contributed by atoms with E-state index in [1.165, 1.54) is 5.56 Å². The Morgan fingerprint density at radius 3 is 2.71 bits per heavy atom. The number of aliphatic imine (C=N–C) groups is 1. The first-order valence-corrected chi connectivity index (χ1v) is 9.16. The van der Waals surface area contributed by atoms with Crippen molar-refractivity contribution in [2.24, 2.45) is 4.99 Å². The molecule has 0 amide bonds. The van der Waals surface area contributed by atoms with Gasteiger partial charge in [-0.2, -0.15) is 5.10 Å². The number of hydrogen-bond donors (Lipinski definition) is 2. The number of nitrogens with one attached hydrogen (secondary N) is 2. The summed E-state index contributed by atoms with van der Waals surface area (Å²) in [6.45, 7) is 3.92. The van der Waals surface area contributed by atoms with Crippen LogP contribution in [0, 0.1) is 0 Å². The van der Waals surface area contributed by atoms with Crippen molar-refractivity contribution < 1.29 is 0 Å². The molecule has 150 valence electrons. The number of aromatic nitrogens is 5. The Kier molecular flexibility index (Phi) is 8.92. The van der Waals surface area contributed by atoms with Gasteiger partial charge in [0.1, 0.15) is 12.7 Å². The average Bonchev–Trinajstić information content (AvgIpc) is 3.41. The van der Waals surface area contributed by atoms with Crippen molar-refractivity contribution in [1.29, 1.82) is 0 Å². The Bertz CT molecular complexity index is 830. The molecule has 0 fully saturated rings. The highest BCUT2D eigenvalue weighted by Gasteiger charge is 2.09. The molecule has 3 rings (SSSR count). The van der Waals surface area contributed by atoms with E-state index in [1.807, 2.05) is 33.6 Å². The maximum absolute atomic E-state index is 4.33. The molecular weight excluding hydrogens is 467 g/mol. The molecule has 1 aromatic carbocycles. The first-order valence-electron chi connectivity index (χ1n) is 9.16. The first kappa shape index (κ1) is 21.9. The van der Waals surface area contributed by atoms with E-state index in [2.05, 4.69) is 50.0 Å². The fraction of sp³-hybridized carbons (Fsp3) is 0.368. The summed E-state index contributed by atoms with van der Waals surface area (Å²) < 4.78 is 3.85. The summed E-state index contributed by atoms with van der Waals surface area (Å²) in [5.41, 5.74) is 2.22. The molecule has 0 aliphatic carbocycles. The van der Waals surface area contributed by atoms with Crippen molar-refractivity contribution in [3.8, 4) is 5.69 Å². The third-order valence-corrected chi connectivity index (χ3v) is 4.32. The van der Waals surface area contributed by atoms with Crippen LogP contribution in [0.2, 0.25) is 0 Å². The normalized spacial score (nSPS) is 12.3. The number of unbranched alkanes of at least 4 members (excludes halogenated alkanes) is 1. The molecule has 2 aromatic heterocycles. The standard InChI is InChI=1S/C19H26N8.HI/c1-16(17-7-5-8-18(13-17)27-12-6-10-24-27)25-19(20-2)21-9-3-4-11-26-14-22-23-15-26;/h5-8,10,12-16H,3-4,9,11H2,1-2H3,(H2,20,21,25);1H. The minimum atomic E-state index is 0. The average molecular weight is 494 g/mol. The van der Waals surface area contributed by atoms with Gasteiger partial charge in [-0.15, -0.1) is 34.2 Å². The second kappa shape index (κ2) is 11.4. The molecule has 28 heavy (non-hydrogen) atoms. The van der Waals surface area contributed by atoms with E-state index in [0.29, 0.717) is 0 Å². The summed E-state index contributed by atoms with van der Waals surface area (Å²) in [5.74, 6) is 0.802. The van der Waals surface area contributed by atoms with Crippen molar-refractivity contribution in [2.75, 3.05) is 13.6 Å². The zero-order chi connectivity index (χ0) is 18.9. The van der Waals surface area contributed by atoms with Gasteiger partial charge in [-0.05, 0) is 43.5 Å². The van der Waals surface area contributed by atoms with E-state index >= 15 is 0 Å². The van der Waals surface area contributed by atoms with Crippen molar-refractivity contribution in [1.82, 2.24) is 35.2 Å². The molecule has 1 unspecified atom stereocenters. The molecule has 0 aliphatic rings. The van der Waals surface area contributed by atoms with E-state index in [4.69, 9.17) is 0 Å². The Morgan fingerprint density at radius 2 is 2.00 bits per heavy atom. The number of benzene rings is 1. The van der Waals surface area contributed by atoms with Gasteiger partial charge in [0.15, 0.2) is 5.96 Å². The highest BCUT2D eigenvalue weighted by molar-refractivity contribution is 14.0. The number of halogens is 1. The summed E-state index contributed by atoms with van der Waals surface area (Å²) >= 11 is 0. The number of aryl methyl sites for hydroxylation is 1. The van der Waals surface area contributed by atoms with Crippen LogP contribution in [-0.2, 0) is 6.54 Å². The lowest BCUT2D eigenvalue weighted by Gasteiger charge is -2.19. The van der Waals surface area contributed by atoms with E-state index in [-0.39, 0.29) is 30.0 Å². The van der Waals surface area contributed by atoms with Crippen LogP contribution in [-0.4, -0.2) is 44.1 Å². The van der Waals surface area contributed by atoms with Gasteiger partial charge in [0.2, 0.25) is 0 Å². The van der Waals surface area contributed by atoms with Gasteiger partial charge in [-0.1, -0.05) is 12.1 Å². The van der Waals surface area contributed by atoms with E-state index in [0.717, 1.165) is 37.6 Å². The molecular formula is C19H27IN8. The molecule has 1 atom stereocenters. The number of rotatable bonds is 8. The zero-order valence-electron chi connectivity index (χ0n) is 16.2. The van der Waals surface area contributed by atoms with Crippen LogP contribution in [0.5, 0.6) is 0 Å². The minimum Gasteiger partial charge on any atom is -0.356 e. The van der Waals surface area contributed by atoms with Crippen LogP contribution < -0.4 is 10.6 Å². The van der Waals surface area contributed by atoms with Crippen molar-refractivity contribution >= 4 is 29.9 Å². The molecule has 8 nitrogen and oxygen atoms in total. The Labute approximate surface area is 182 Å². The maximum Gasteiger partial charge on any atom is 0.191 e. The number of hydrogen-bond acceptors (Lipinski definition) is 4. The van der Waals surface area contributed by atoms with Gasteiger partial charge in [0, 0.05) is 32.5 Å². The Hall–Kier alpha value is -2.43. The van der Waals surface area contributed by atoms with E-state index in [1.54, 1.807) is 25.9 Å². The molecule has 0 spiro atoms. The summed E-state index contributed by atoms with van der Waals surface area (Å²) in [7, 11) is 1.79. The summed E-state index contributed by atoms with van der Waals surface area (Å²) in [4.78, 5) is 4.33. The predicted octanol–water partition coefficient (Wildman–Crippen LogP) is 2.79. The van der Waals surface area contributed by atoms with Crippen LogP contribution in [0.15, 0.2) is 60.4 Å². The monoisotopic (exact) mass is 494 g/mol. The minimum absolute atomic E-state index is 0. The fourth-order valence-corrected chi connectivity index (χ4v) is 2.80. The Balaban J connectivity index is 0.00000280. The molecule has 2 heterocycles. The summed E-state index contributed by atoms with van der Waals surface area (Å²) in [6, 6.07) is 10.4. The fourth-order valence-electron chi connectivity index (χ4n) is 2.80. The highest BCUT2D eigenvalue weighted by atomic mass is 127. The van der Waals surface area contributed by atoms with Crippen molar-refractivity contribution in [2.45, 2.75) is 32.4 Å². The van der Waals surface area contributed by atoms with Gasteiger partial charge < -0.3 is 15.2 Å². The van der Waals surface area contributed by atoms with E-state index < -0.39 is 0 Å². The molecule has 0 radical (unpaired) electrons. The van der Waals surface area contributed by atoms with Gasteiger partial charge in [-0.3, -0.25) is 4.99 Å². The third kappa shape index (κ3) is 6.32. The molecule has 0 bridgehead atoms. The second-order valence-corrected chi connectivity index (χ2v) is 6.32. The SMILES string of the molecule is CN=C(NCCCCn1cnnc1)NC(C)c1cccc(-n2cccn2)c1.I. The third-order valence-electron chi connectivity index (χ3n) is 4.32. The number of guanidine groups is 1. The smallest absolute Gasteiger partial charge is 0.191 e. The lowest BCUT2D eigenvalue weighted by atomic mass is 10.1. The van der Waals surface area contributed by atoms with Crippen LogP contribution in [0.3, 0.4) is 0 Å². The van der Waals surface area contributed by atoms with Crippen LogP contribution in [0.4, 0.5) is 0 Å². The number of nitrogens with zero attached hydrogens (tertiary/aromatic N) is 6. The zero-order valence-corrected chi connectivity index (χ0v) is 18.5. The maximum atomic E-state index is 4.33.